The third-order valence-corrected chi connectivity index (χ3v) is 5.28. The van der Waals surface area contributed by atoms with Gasteiger partial charge in [-0.05, 0) is 33.6 Å². The van der Waals surface area contributed by atoms with Crippen LogP contribution >= 0.6 is 27.7 Å². The minimum atomic E-state index is -0.0879. The maximum atomic E-state index is 12.6. The molecular weight excluding hydrogens is 366 g/mol. The zero-order valence-electron chi connectivity index (χ0n) is 11.9. The Morgan fingerprint density at radius 1 is 1.45 bits per heavy atom. The number of carbonyl (C=O) groups is 1. The molecule has 22 heavy (non-hydrogen) atoms. The van der Waals surface area contributed by atoms with Crippen molar-refractivity contribution in [3.63, 3.8) is 0 Å². The highest BCUT2D eigenvalue weighted by Crippen LogP contribution is 2.40. The number of aromatic nitrogens is 2. The van der Waals surface area contributed by atoms with Crippen LogP contribution in [0.4, 0.5) is 0 Å². The molecule has 114 valence electrons. The molecule has 1 aromatic carbocycles. The summed E-state index contributed by atoms with van der Waals surface area (Å²) in [5, 5.41) is -0.0169. The van der Waals surface area contributed by atoms with E-state index >= 15 is 0 Å². The molecule has 7 heteroatoms. The maximum Gasteiger partial charge on any atom is 0.275 e. The number of carbonyl (C=O) groups excluding carboxylic acids is 1. The molecule has 1 aliphatic heterocycles. The molecular formula is C15H14BrN3O2S. The summed E-state index contributed by atoms with van der Waals surface area (Å²) < 4.78 is 6.14. The van der Waals surface area contributed by atoms with Crippen LogP contribution in [-0.4, -0.2) is 40.2 Å². The molecule has 0 N–H and O–H groups in total. The lowest BCUT2D eigenvalue weighted by atomic mass is 10.2. The average molecular weight is 380 g/mol. The van der Waals surface area contributed by atoms with E-state index in [0.29, 0.717) is 12.2 Å². The Balaban J connectivity index is 1.87. The van der Waals surface area contributed by atoms with Crippen molar-refractivity contribution in [2.45, 2.75) is 5.37 Å². The quantitative estimate of drug-likeness (QED) is 0.819. The van der Waals surface area contributed by atoms with Gasteiger partial charge >= 0.3 is 0 Å². The van der Waals surface area contributed by atoms with Crippen LogP contribution in [0.1, 0.15) is 21.4 Å². The minimum absolute atomic E-state index is 0.0169. The molecule has 2 aromatic rings. The zero-order chi connectivity index (χ0) is 15.5. The van der Waals surface area contributed by atoms with E-state index in [0.717, 1.165) is 21.5 Å². The van der Waals surface area contributed by atoms with Crippen molar-refractivity contribution < 1.29 is 9.53 Å². The molecule has 1 fully saturated rings. The summed E-state index contributed by atoms with van der Waals surface area (Å²) >= 11 is 5.24. The summed E-state index contributed by atoms with van der Waals surface area (Å²) in [7, 11) is 1.63. The van der Waals surface area contributed by atoms with Gasteiger partial charge in [0, 0.05) is 24.7 Å². The number of hydrogen-bond donors (Lipinski definition) is 0. The monoisotopic (exact) mass is 379 g/mol. The predicted molar refractivity (Wildman–Crippen MR) is 89.0 cm³/mol. The molecule has 1 aliphatic rings. The highest BCUT2D eigenvalue weighted by Gasteiger charge is 2.32. The van der Waals surface area contributed by atoms with Gasteiger partial charge in [0.1, 0.15) is 16.8 Å². The zero-order valence-corrected chi connectivity index (χ0v) is 14.3. The molecule has 1 aromatic heterocycles. The first-order valence-corrected chi connectivity index (χ1v) is 8.57. The highest BCUT2D eigenvalue weighted by molar-refractivity contribution is 9.10. The van der Waals surface area contributed by atoms with Crippen molar-refractivity contribution in [3.05, 3.63) is 52.5 Å². The topological polar surface area (TPSA) is 55.3 Å². The number of amides is 1. The number of ether oxygens (including phenoxy) is 1. The fourth-order valence-corrected chi connectivity index (χ4v) is 4.15. The number of thioether (sulfide) groups is 1. The Kier molecular flexibility index (Phi) is 4.63. The largest absolute Gasteiger partial charge is 0.496 e. The normalized spacial score (nSPS) is 17.5. The number of methoxy groups -OCH3 is 1. The van der Waals surface area contributed by atoms with Crippen LogP contribution in [0.2, 0.25) is 0 Å². The summed E-state index contributed by atoms with van der Waals surface area (Å²) in [5.41, 5.74) is 1.44. The Morgan fingerprint density at radius 3 is 3.00 bits per heavy atom. The Morgan fingerprint density at radius 2 is 2.32 bits per heavy atom. The Bertz CT molecular complexity index is 684. The van der Waals surface area contributed by atoms with Crippen molar-refractivity contribution in [2.75, 3.05) is 19.4 Å². The second-order valence-electron chi connectivity index (χ2n) is 4.71. The van der Waals surface area contributed by atoms with Crippen molar-refractivity contribution in [1.82, 2.24) is 14.9 Å². The van der Waals surface area contributed by atoms with Crippen LogP contribution in [0.3, 0.4) is 0 Å². The first-order valence-electron chi connectivity index (χ1n) is 6.72. The molecule has 0 spiro atoms. The van der Waals surface area contributed by atoms with E-state index in [1.807, 2.05) is 23.1 Å². The standard InChI is InChI=1S/C15H14BrN3O2S/c1-21-13-3-2-10(8-11(13)16)15-19(6-7-22-15)14(20)12-9-17-4-5-18-12/h2-5,8-9,15H,6-7H2,1H3. The van der Waals surface area contributed by atoms with E-state index < -0.39 is 0 Å². The summed E-state index contributed by atoms with van der Waals surface area (Å²) in [6.45, 7) is 0.703. The van der Waals surface area contributed by atoms with E-state index in [1.165, 1.54) is 12.4 Å². The smallest absolute Gasteiger partial charge is 0.275 e. The van der Waals surface area contributed by atoms with E-state index in [1.54, 1.807) is 25.1 Å². The molecule has 0 saturated carbocycles. The van der Waals surface area contributed by atoms with Crippen molar-refractivity contribution >= 4 is 33.6 Å². The van der Waals surface area contributed by atoms with Crippen molar-refractivity contribution in [1.29, 1.82) is 0 Å². The first-order chi connectivity index (χ1) is 10.7. The molecule has 1 atom stereocenters. The van der Waals surface area contributed by atoms with Crippen LogP contribution < -0.4 is 4.74 Å². The van der Waals surface area contributed by atoms with Crippen LogP contribution in [0, 0.1) is 0 Å². The lowest BCUT2D eigenvalue weighted by molar-refractivity contribution is 0.0754. The lowest BCUT2D eigenvalue weighted by Gasteiger charge is -2.24. The van der Waals surface area contributed by atoms with E-state index in [9.17, 15) is 4.79 Å². The van der Waals surface area contributed by atoms with Gasteiger partial charge in [0.25, 0.3) is 5.91 Å². The number of hydrogen-bond acceptors (Lipinski definition) is 5. The summed E-state index contributed by atoms with van der Waals surface area (Å²) in [6.07, 6.45) is 4.61. The predicted octanol–water partition coefficient (Wildman–Crippen LogP) is 3.14. The van der Waals surface area contributed by atoms with Gasteiger partial charge in [-0.25, -0.2) is 4.98 Å². The highest BCUT2D eigenvalue weighted by atomic mass is 79.9. The Labute approximate surface area is 141 Å². The van der Waals surface area contributed by atoms with E-state index in [4.69, 9.17) is 4.74 Å². The summed E-state index contributed by atoms with van der Waals surface area (Å²) in [5.74, 6) is 1.59. The minimum Gasteiger partial charge on any atom is -0.496 e. The lowest BCUT2D eigenvalue weighted by Crippen LogP contribution is -2.31. The fourth-order valence-electron chi connectivity index (χ4n) is 2.35. The third kappa shape index (κ3) is 2.96. The molecule has 3 rings (SSSR count). The van der Waals surface area contributed by atoms with Crippen LogP contribution in [0.5, 0.6) is 5.75 Å². The van der Waals surface area contributed by atoms with Gasteiger partial charge in [-0.1, -0.05) is 6.07 Å². The van der Waals surface area contributed by atoms with Gasteiger partial charge in [-0.15, -0.1) is 11.8 Å². The van der Waals surface area contributed by atoms with Crippen molar-refractivity contribution in [3.8, 4) is 5.75 Å². The Hall–Kier alpha value is -1.60. The number of nitrogens with zero attached hydrogens (tertiary/aromatic N) is 3. The molecule has 1 saturated heterocycles. The molecule has 5 nitrogen and oxygen atoms in total. The molecule has 2 heterocycles. The average Bonchev–Trinajstić information content (AvgIpc) is 3.04. The third-order valence-electron chi connectivity index (χ3n) is 3.40. The molecule has 0 bridgehead atoms. The SMILES string of the molecule is COc1ccc(C2SCCN2C(=O)c2cnccn2)cc1Br. The second-order valence-corrected chi connectivity index (χ2v) is 6.75. The van der Waals surface area contributed by atoms with Gasteiger partial charge in [0.05, 0.1) is 17.8 Å². The molecule has 1 amide bonds. The number of rotatable bonds is 3. The number of benzene rings is 1. The summed E-state index contributed by atoms with van der Waals surface area (Å²) in [4.78, 5) is 22.5. The first kappa shape index (κ1) is 15.3. The van der Waals surface area contributed by atoms with Crippen LogP contribution in [0.15, 0.2) is 41.3 Å². The van der Waals surface area contributed by atoms with Crippen LogP contribution in [0.25, 0.3) is 0 Å². The van der Waals surface area contributed by atoms with E-state index in [-0.39, 0.29) is 11.3 Å². The van der Waals surface area contributed by atoms with Crippen molar-refractivity contribution in [2.24, 2.45) is 0 Å². The van der Waals surface area contributed by atoms with Gasteiger partial charge < -0.3 is 9.64 Å². The second kappa shape index (κ2) is 6.66. The molecule has 0 aliphatic carbocycles. The molecule has 0 radical (unpaired) electrons. The number of halogens is 1. The summed E-state index contributed by atoms with van der Waals surface area (Å²) in [6, 6.07) is 5.89. The van der Waals surface area contributed by atoms with E-state index in [2.05, 4.69) is 25.9 Å². The fraction of sp³-hybridized carbons (Fsp3) is 0.267. The molecule has 1 unspecified atom stereocenters. The van der Waals surface area contributed by atoms with Gasteiger partial charge in [-0.2, -0.15) is 0 Å². The van der Waals surface area contributed by atoms with Gasteiger partial charge in [0.15, 0.2) is 0 Å². The maximum absolute atomic E-state index is 12.6. The van der Waals surface area contributed by atoms with Gasteiger partial charge in [0.2, 0.25) is 0 Å². The van der Waals surface area contributed by atoms with Crippen LogP contribution in [-0.2, 0) is 0 Å². The van der Waals surface area contributed by atoms with Gasteiger partial charge in [-0.3, -0.25) is 9.78 Å².